The highest BCUT2D eigenvalue weighted by molar-refractivity contribution is 6.33. The van der Waals surface area contributed by atoms with Crippen LogP contribution >= 0.6 is 23.2 Å². The monoisotopic (exact) mass is 231 g/mol. The molecule has 1 aromatic carbocycles. The average molecular weight is 232 g/mol. The van der Waals surface area contributed by atoms with Gasteiger partial charge in [-0.25, -0.2) is 4.39 Å². The lowest BCUT2D eigenvalue weighted by Gasteiger charge is -1.99. The van der Waals surface area contributed by atoms with Crippen LogP contribution in [-0.2, 0) is 0 Å². The minimum atomic E-state index is -0.456. The molecule has 0 spiro atoms. The van der Waals surface area contributed by atoms with E-state index in [1.165, 1.54) is 18.2 Å². The van der Waals surface area contributed by atoms with Crippen LogP contribution in [0.2, 0.25) is 10.2 Å². The Hall–Kier alpha value is -1.06. The summed E-state index contributed by atoms with van der Waals surface area (Å²) in [7, 11) is 0. The van der Waals surface area contributed by atoms with Crippen molar-refractivity contribution in [3.8, 4) is 11.3 Å². The molecule has 5 heteroatoms. The van der Waals surface area contributed by atoms with E-state index in [1.54, 1.807) is 6.07 Å². The first kappa shape index (κ1) is 9.49. The summed E-state index contributed by atoms with van der Waals surface area (Å²) in [6, 6.07) is 5.79. The van der Waals surface area contributed by atoms with Gasteiger partial charge < -0.3 is 4.52 Å². The summed E-state index contributed by atoms with van der Waals surface area (Å²) >= 11 is 11.3. The molecule has 1 heterocycles. The summed E-state index contributed by atoms with van der Waals surface area (Å²) in [4.78, 5) is 0. The highest BCUT2D eigenvalue weighted by atomic mass is 35.5. The van der Waals surface area contributed by atoms with Gasteiger partial charge in [-0.05, 0) is 23.7 Å². The molecule has 0 bridgehead atoms. The van der Waals surface area contributed by atoms with Crippen LogP contribution < -0.4 is 0 Å². The van der Waals surface area contributed by atoms with Gasteiger partial charge in [-0.1, -0.05) is 22.8 Å². The molecule has 72 valence electrons. The Morgan fingerprint density at radius 3 is 2.64 bits per heavy atom. The molecule has 0 aliphatic rings. The molecule has 1 aromatic heterocycles. The van der Waals surface area contributed by atoms with Crippen molar-refractivity contribution < 1.29 is 8.91 Å². The molecule has 0 aliphatic carbocycles. The molecule has 0 unspecified atom stereocenters. The second-order valence-electron chi connectivity index (χ2n) is 2.61. The minimum Gasteiger partial charge on any atom is -0.344 e. The molecule has 0 radical (unpaired) electrons. The SMILES string of the molecule is Fc1cccc(Cl)c1-c1cc(Cl)on1. The lowest BCUT2D eigenvalue weighted by atomic mass is 10.1. The topological polar surface area (TPSA) is 26.0 Å². The fourth-order valence-electron chi connectivity index (χ4n) is 1.11. The Kier molecular flexibility index (Phi) is 2.44. The predicted octanol–water partition coefficient (Wildman–Crippen LogP) is 3.79. The highest BCUT2D eigenvalue weighted by Crippen LogP contribution is 2.30. The zero-order valence-electron chi connectivity index (χ0n) is 6.80. The summed E-state index contributed by atoms with van der Waals surface area (Å²) in [5.74, 6) is -0.456. The van der Waals surface area contributed by atoms with Crippen LogP contribution in [0.15, 0.2) is 28.8 Å². The Bertz CT molecular complexity index is 449. The van der Waals surface area contributed by atoms with Crippen molar-refractivity contribution in [3.63, 3.8) is 0 Å². The molecule has 2 aromatic rings. The van der Waals surface area contributed by atoms with Crippen LogP contribution in [0, 0.1) is 5.82 Å². The molecular formula is C9H4Cl2FNO. The van der Waals surface area contributed by atoms with E-state index in [0.29, 0.717) is 0 Å². The molecular weight excluding hydrogens is 228 g/mol. The maximum absolute atomic E-state index is 13.3. The molecule has 2 nitrogen and oxygen atoms in total. The quantitative estimate of drug-likeness (QED) is 0.747. The van der Waals surface area contributed by atoms with E-state index >= 15 is 0 Å². The van der Waals surface area contributed by atoms with Crippen LogP contribution in [0.3, 0.4) is 0 Å². The van der Waals surface area contributed by atoms with Crippen molar-refractivity contribution in [2.24, 2.45) is 0 Å². The molecule has 2 rings (SSSR count). The molecule has 0 N–H and O–H groups in total. The van der Waals surface area contributed by atoms with Crippen LogP contribution in [0.1, 0.15) is 0 Å². The predicted molar refractivity (Wildman–Crippen MR) is 51.9 cm³/mol. The molecule has 0 saturated carbocycles. The third-order valence-electron chi connectivity index (χ3n) is 1.70. The average Bonchev–Trinajstić information content (AvgIpc) is 2.51. The van der Waals surface area contributed by atoms with Crippen molar-refractivity contribution in [1.82, 2.24) is 5.16 Å². The van der Waals surface area contributed by atoms with Crippen molar-refractivity contribution >= 4 is 23.2 Å². The number of benzene rings is 1. The van der Waals surface area contributed by atoms with Gasteiger partial charge in [0.25, 0.3) is 0 Å². The lowest BCUT2D eigenvalue weighted by Crippen LogP contribution is -1.84. The summed E-state index contributed by atoms with van der Waals surface area (Å²) in [5.41, 5.74) is 0.489. The van der Waals surface area contributed by atoms with E-state index in [4.69, 9.17) is 23.2 Å². The molecule has 0 fully saturated rings. The highest BCUT2D eigenvalue weighted by Gasteiger charge is 2.13. The number of hydrogen-bond donors (Lipinski definition) is 0. The van der Waals surface area contributed by atoms with Gasteiger partial charge in [0.2, 0.25) is 5.22 Å². The second-order valence-corrected chi connectivity index (χ2v) is 3.39. The largest absolute Gasteiger partial charge is 0.344 e. The Balaban J connectivity index is 2.61. The van der Waals surface area contributed by atoms with E-state index in [9.17, 15) is 4.39 Å². The number of hydrogen-bond acceptors (Lipinski definition) is 2. The van der Waals surface area contributed by atoms with Crippen LogP contribution in [0.4, 0.5) is 4.39 Å². The van der Waals surface area contributed by atoms with Gasteiger partial charge in [-0.3, -0.25) is 0 Å². The second kappa shape index (κ2) is 3.59. The number of nitrogens with zero attached hydrogens (tertiary/aromatic N) is 1. The van der Waals surface area contributed by atoms with E-state index in [0.717, 1.165) is 0 Å². The Labute approximate surface area is 89.2 Å². The minimum absolute atomic E-state index is 0.0966. The van der Waals surface area contributed by atoms with Crippen LogP contribution in [-0.4, -0.2) is 5.16 Å². The summed E-state index contributed by atoms with van der Waals surface area (Å²) in [6.45, 7) is 0. The van der Waals surface area contributed by atoms with E-state index in [2.05, 4.69) is 9.68 Å². The van der Waals surface area contributed by atoms with Gasteiger partial charge in [-0.2, -0.15) is 0 Å². The van der Waals surface area contributed by atoms with Crippen molar-refractivity contribution in [1.29, 1.82) is 0 Å². The summed E-state index contributed by atoms with van der Waals surface area (Å²) in [6.07, 6.45) is 0. The summed E-state index contributed by atoms with van der Waals surface area (Å²) < 4.78 is 18.0. The third-order valence-corrected chi connectivity index (χ3v) is 2.19. The van der Waals surface area contributed by atoms with Gasteiger partial charge in [0.05, 0.1) is 10.6 Å². The van der Waals surface area contributed by atoms with E-state index in [-0.39, 0.29) is 21.5 Å². The molecule has 0 amide bonds. The van der Waals surface area contributed by atoms with Crippen molar-refractivity contribution in [2.45, 2.75) is 0 Å². The number of halogens is 3. The van der Waals surface area contributed by atoms with E-state index in [1.807, 2.05) is 0 Å². The van der Waals surface area contributed by atoms with Crippen LogP contribution in [0.25, 0.3) is 11.3 Å². The number of aromatic nitrogens is 1. The lowest BCUT2D eigenvalue weighted by molar-refractivity contribution is 0.423. The van der Waals surface area contributed by atoms with Crippen LogP contribution in [0.5, 0.6) is 0 Å². The van der Waals surface area contributed by atoms with E-state index < -0.39 is 5.82 Å². The molecule has 0 saturated heterocycles. The zero-order valence-corrected chi connectivity index (χ0v) is 8.31. The van der Waals surface area contributed by atoms with Gasteiger partial charge in [-0.15, -0.1) is 0 Å². The molecule has 0 aliphatic heterocycles. The smallest absolute Gasteiger partial charge is 0.226 e. The fourth-order valence-corrected chi connectivity index (χ4v) is 1.51. The maximum atomic E-state index is 13.3. The standard InChI is InChI=1S/C9H4Cl2FNO/c10-5-2-1-3-6(12)9(5)7-4-8(11)14-13-7/h1-4H. The van der Waals surface area contributed by atoms with Gasteiger partial charge in [0, 0.05) is 6.07 Å². The third kappa shape index (κ3) is 1.61. The Morgan fingerprint density at radius 1 is 1.29 bits per heavy atom. The molecule has 14 heavy (non-hydrogen) atoms. The number of rotatable bonds is 1. The zero-order chi connectivity index (χ0) is 10.1. The first-order chi connectivity index (χ1) is 6.68. The van der Waals surface area contributed by atoms with Gasteiger partial charge in [0.15, 0.2) is 0 Å². The van der Waals surface area contributed by atoms with Crippen molar-refractivity contribution in [3.05, 3.63) is 40.3 Å². The maximum Gasteiger partial charge on any atom is 0.226 e. The first-order valence-electron chi connectivity index (χ1n) is 3.75. The first-order valence-corrected chi connectivity index (χ1v) is 4.50. The molecule has 0 atom stereocenters. The fraction of sp³-hybridized carbons (Fsp3) is 0. The van der Waals surface area contributed by atoms with Gasteiger partial charge >= 0.3 is 0 Å². The Morgan fingerprint density at radius 2 is 2.07 bits per heavy atom. The summed E-state index contributed by atoms with van der Waals surface area (Å²) in [5, 5.41) is 3.95. The van der Waals surface area contributed by atoms with Crippen molar-refractivity contribution in [2.75, 3.05) is 0 Å². The normalized spacial score (nSPS) is 10.5. The van der Waals surface area contributed by atoms with Gasteiger partial charge in [0.1, 0.15) is 11.5 Å².